The van der Waals surface area contributed by atoms with Crippen LogP contribution in [0.4, 0.5) is 5.69 Å². The van der Waals surface area contributed by atoms with Crippen molar-refractivity contribution in [2.24, 2.45) is 5.92 Å². The predicted molar refractivity (Wildman–Crippen MR) is 91.1 cm³/mol. The lowest BCUT2D eigenvalue weighted by Crippen LogP contribution is -2.28. The molecule has 0 heterocycles. The van der Waals surface area contributed by atoms with Crippen LogP contribution in [-0.4, -0.2) is 18.3 Å². The molecule has 0 fully saturated rings. The molecule has 0 spiro atoms. The van der Waals surface area contributed by atoms with Crippen LogP contribution in [0, 0.1) is 17.2 Å². The zero-order valence-electron chi connectivity index (χ0n) is 13.0. The third-order valence-electron chi connectivity index (χ3n) is 3.21. The van der Waals surface area contributed by atoms with Crippen molar-refractivity contribution in [3.63, 3.8) is 0 Å². The number of carbonyl (C=O) groups is 2. The number of para-hydroxylation sites is 2. The minimum atomic E-state index is -1.47. The second-order valence-electron chi connectivity index (χ2n) is 4.86. The van der Waals surface area contributed by atoms with E-state index in [0.717, 1.165) is 0 Å². The highest BCUT2D eigenvalue weighted by molar-refractivity contribution is 6.31. The van der Waals surface area contributed by atoms with E-state index in [1.165, 1.54) is 12.1 Å². The van der Waals surface area contributed by atoms with Crippen LogP contribution in [0.3, 0.4) is 0 Å². The average molecular weight is 343 g/mol. The summed E-state index contributed by atoms with van der Waals surface area (Å²) in [4.78, 5) is 24.8. The number of nitrogens with zero attached hydrogens (tertiary/aromatic N) is 1. The maximum Gasteiger partial charge on any atom is 0.249 e. The minimum absolute atomic E-state index is 0.210. The van der Waals surface area contributed by atoms with E-state index in [2.05, 4.69) is 5.32 Å². The number of benzene rings is 2. The van der Waals surface area contributed by atoms with Crippen molar-refractivity contribution in [3.05, 3.63) is 59.1 Å². The second kappa shape index (κ2) is 8.14. The van der Waals surface area contributed by atoms with Crippen molar-refractivity contribution in [1.29, 1.82) is 5.26 Å². The Kier molecular flexibility index (Phi) is 5.94. The molecule has 6 heteroatoms. The summed E-state index contributed by atoms with van der Waals surface area (Å²) in [5.41, 5.74) is 0.616. The van der Waals surface area contributed by atoms with Gasteiger partial charge in [0.05, 0.1) is 18.4 Å². The van der Waals surface area contributed by atoms with E-state index in [1.54, 1.807) is 42.5 Å². The molecule has 0 saturated carbocycles. The number of nitriles is 1. The molecular weight excluding hydrogens is 328 g/mol. The molecular formula is C18H15ClN2O3. The molecule has 122 valence electrons. The number of hydrogen-bond acceptors (Lipinski definition) is 4. The first-order valence-corrected chi connectivity index (χ1v) is 7.66. The maximum atomic E-state index is 12.4. The SMILES string of the molecule is CCOc1ccccc1NC(=O)[C@@H](C#N)C(=O)c1cccc(Cl)c1. The molecule has 1 N–H and O–H groups in total. The lowest BCUT2D eigenvalue weighted by Gasteiger charge is -2.13. The average Bonchev–Trinajstić information content (AvgIpc) is 2.57. The summed E-state index contributed by atoms with van der Waals surface area (Å²) in [6.45, 7) is 2.25. The Morgan fingerprint density at radius 1 is 1.25 bits per heavy atom. The van der Waals surface area contributed by atoms with Gasteiger partial charge in [-0.2, -0.15) is 5.26 Å². The Labute approximate surface area is 144 Å². The summed E-state index contributed by atoms with van der Waals surface area (Å²) in [7, 11) is 0. The number of rotatable bonds is 6. The number of hydrogen-bond donors (Lipinski definition) is 1. The number of anilines is 1. The minimum Gasteiger partial charge on any atom is -0.492 e. The molecule has 0 unspecified atom stereocenters. The Hall–Kier alpha value is -2.84. The first kappa shape index (κ1) is 17.5. The van der Waals surface area contributed by atoms with E-state index in [-0.39, 0.29) is 5.56 Å². The van der Waals surface area contributed by atoms with Gasteiger partial charge in [-0.1, -0.05) is 35.9 Å². The molecule has 0 aliphatic rings. The van der Waals surface area contributed by atoms with E-state index in [0.29, 0.717) is 23.1 Å². The lowest BCUT2D eigenvalue weighted by atomic mass is 9.98. The Morgan fingerprint density at radius 3 is 2.67 bits per heavy atom. The van der Waals surface area contributed by atoms with Gasteiger partial charge in [0.2, 0.25) is 5.91 Å². The Bertz CT molecular complexity index is 799. The number of nitrogens with one attached hydrogen (secondary N) is 1. The molecule has 1 amide bonds. The fourth-order valence-electron chi connectivity index (χ4n) is 2.10. The quantitative estimate of drug-likeness (QED) is 0.641. The van der Waals surface area contributed by atoms with Crippen LogP contribution >= 0.6 is 11.6 Å². The van der Waals surface area contributed by atoms with E-state index < -0.39 is 17.6 Å². The first-order valence-electron chi connectivity index (χ1n) is 7.29. The molecule has 0 radical (unpaired) electrons. The molecule has 0 saturated heterocycles. The summed E-state index contributed by atoms with van der Waals surface area (Å²) in [5, 5.41) is 12.2. The van der Waals surface area contributed by atoms with Crippen LogP contribution in [0.2, 0.25) is 5.02 Å². The molecule has 24 heavy (non-hydrogen) atoms. The summed E-state index contributed by atoms with van der Waals surface area (Å²) in [6, 6.07) is 14.7. The third-order valence-corrected chi connectivity index (χ3v) is 3.44. The largest absolute Gasteiger partial charge is 0.492 e. The molecule has 0 aliphatic heterocycles. The van der Waals surface area contributed by atoms with Crippen LogP contribution < -0.4 is 10.1 Å². The fourth-order valence-corrected chi connectivity index (χ4v) is 2.29. The van der Waals surface area contributed by atoms with Crippen molar-refractivity contribution in [1.82, 2.24) is 0 Å². The molecule has 5 nitrogen and oxygen atoms in total. The standard InChI is InChI=1S/C18H15ClN2O3/c1-2-24-16-9-4-3-8-15(16)21-18(23)14(11-20)17(22)12-6-5-7-13(19)10-12/h3-10,14H,2H2,1H3,(H,21,23)/t14-/m0/s1. The zero-order valence-corrected chi connectivity index (χ0v) is 13.7. The zero-order chi connectivity index (χ0) is 17.5. The van der Waals surface area contributed by atoms with E-state index in [9.17, 15) is 14.9 Å². The molecule has 0 bridgehead atoms. The van der Waals surface area contributed by atoms with Gasteiger partial charge in [0.25, 0.3) is 0 Å². The van der Waals surface area contributed by atoms with Gasteiger partial charge >= 0.3 is 0 Å². The van der Waals surface area contributed by atoms with Crippen molar-refractivity contribution >= 4 is 29.0 Å². The molecule has 1 atom stereocenters. The molecule has 0 aliphatic carbocycles. The molecule has 2 aromatic carbocycles. The number of ether oxygens (including phenoxy) is 1. The van der Waals surface area contributed by atoms with Gasteiger partial charge in [-0.15, -0.1) is 0 Å². The number of amides is 1. The monoisotopic (exact) mass is 342 g/mol. The highest BCUT2D eigenvalue weighted by Crippen LogP contribution is 2.25. The maximum absolute atomic E-state index is 12.4. The van der Waals surface area contributed by atoms with Crippen molar-refractivity contribution in [2.45, 2.75) is 6.92 Å². The highest BCUT2D eigenvalue weighted by atomic mass is 35.5. The van der Waals surface area contributed by atoms with Gasteiger partial charge in [-0.05, 0) is 31.2 Å². The van der Waals surface area contributed by atoms with Crippen molar-refractivity contribution < 1.29 is 14.3 Å². The lowest BCUT2D eigenvalue weighted by molar-refractivity contribution is -0.117. The van der Waals surface area contributed by atoms with Crippen LogP contribution in [0.15, 0.2) is 48.5 Å². The molecule has 0 aromatic heterocycles. The van der Waals surface area contributed by atoms with E-state index in [1.807, 2.05) is 6.92 Å². The van der Waals surface area contributed by atoms with Crippen LogP contribution in [0.5, 0.6) is 5.75 Å². The highest BCUT2D eigenvalue weighted by Gasteiger charge is 2.28. The van der Waals surface area contributed by atoms with Gasteiger partial charge in [0.1, 0.15) is 5.75 Å². The van der Waals surface area contributed by atoms with Crippen LogP contribution in [-0.2, 0) is 4.79 Å². The van der Waals surface area contributed by atoms with Gasteiger partial charge in [-0.25, -0.2) is 0 Å². The Balaban J connectivity index is 2.21. The normalized spacial score (nSPS) is 11.2. The third kappa shape index (κ3) is 4.12. The number of Topliss-reactive ketones (excluding diaryl/α,β-unsaturated/α-hetero) is 1. The summed E-state index contributed by atoms with van der Waals surface area (Å²) < 4.78 is 5.41. The van der Waals surface area contributed by atoms with Gasteiger partial charge in [-0.3, -0.25) is 9.59 Å². The van der Waals surface area contributed by atoms with Gasteiger partial charge in [0, 0.05) is 10.6 Å². The number of carbonyl (C=O) groups excluding carboxylic acids is 2. The van der Waals surface area contributed by atoms with Crippen LogP contribution in [0.1, 0.15) is 17.3 Å². The smallest absolute Gasteiger partial charge is 0.249 e. The summed E-state index contributed by atoms with van der Waals surface area (Å²) >= 11 is 5.85. The van der Waals surface area contributed by atoms with E-state index in [4.69, 9.17) is 16.3 Å². The second-order valence-corrected chi connectivity index (χ2v) is 5.29. The van der Waals surface area contributed by atoms with Crippen molar-refractivity contribution in [3.8, 4) is 11.8 Å². The predicted octanol–water partition coefficient (Wildman–Crippen LogP) is 3.70. The van der Waals surface area contributed by atoms with E-state index >= 15 is 0 Å². The topological polar surface area (TPSA) is 79.2 Å². The first-order chi connectivity index (χ1) is 11.6. The van der Waals surface area contributed by atoms with Crippen LogP contribution in [0.25, 0.3) is 0 Å². The summed E-state index contributed by atoms with van der Waals surface area (Å²) in [5.74, 6) is -2.32. The number of ketones is 1. The number of halogens is 1. The Morgan fingerprint density at radius 2 is 2.00 bits per heavy atom. The summed E-state index contributed by atoms with van der Waals surface area (Å²) in [6.07, 6.45) is 0. The fraction of sp³-hybridized carbons (Fsp3) is 0.167. The molecule has 2 rings (SSSR count). The van der Waals surface area contributed by atoms with Gasteiger partial charge < -0.3 is 10.1 Å². The molecule has 2 aromatic rings. The van der Waals surface area contributed by atoms with Gasteiger partial charge in [0.15, 0.2) is 11.7 Å². The van der Waals surface area contributed by atoms with Crippen molar-refractivity contribution in [2.75, 3.05) is 11.9 Å².